The molecule has 2 rings (SSSR count). The van der Waals surface area contributed by atoms with Crippen LogP contribution >= 0.6 is 0 Å². The van der Waals surface area contributed by atoms with Gasteiger partial charge in [0.2, 0.25) is 5.91 Å². The van der Waals surface area contributed by atoms with E-state index >= 15 is 0 Å². The highest BCUT2D eigenvalue weighted by atomic mass is 16.5. The van der Waals surface area contributed by atoms with E-state index in [1.807, 2.05) is 24.3 Å². The molecule has 6 heteroatoms. The summed E-state index contributed by atoms with van der Waals surface area (Å²) in [7, 11) is 1.40. The van der Waals surface area contributed by atoms with Gasteiger partial charge in [0, 0.05) is 30.6 Å². The molecular weight excluding hydrogens is 272 g/mol. The number of H-pyrrole nitrogens is 1. The minimum Gasteiger partial charge on any atom is -0.480 e. The van der Waals surface area contributed by atoms with Crippen LogP contribution in [0.5, 0.6) is 0 Å². The fraction of sp³-hybridized carbons (Fsp3) is 0.333. The van der Waals surface area contributed by atoms with Gasteiger partial charge in [0.05, 0.1) is 0 Å². The summed E-state index contributed by atoms with van der Waals surface area (Å²) < 4.78 is 4.89. The third-order valence-electron chi connectivity index (χ3n) is 3.44. The number of para-hydroxylation sites is 1. The number of methoxy groups -OCH3 is 1. The first-order valence-electron chi connectivity index (χ1n) is 6.64. The van der Waals surface area contributed by atoms with Gasteiger partial charge >= 0.3 is 5.97 Å². The number of carbonyl (C=O) groups excluding carboxylic acids is 1. The van der Waals surface area contributed by atoms with Crippen molar-refractivity contribution in [3.63, 3.8) is 0 Å². The Balaban J connectivity index is 2.17. The minimum absolute atomic E-state index is 0.210. The van der Waals surface area contributed by atoms with Crippen LogP contribution in [0, 0.1) is 0 Å². The Morgan fingerprint density at radius 3 is 2.76 bits per heavy atom. The number of benzene rings is 1. The summed E-state index contributed by atoms with van der Waals surface area (Å²) in [5.74, 6) is -1.51. The number of aliphatic carboxylic acids is 1. The molecule has 1 aromatic heterocycles. The van der Waals surface area contributed by atoms with Crippen molar-refractivity contribution < 1.29 is 19.4 Å². The van der Waals surface area contributed by atoms with Crippen LogP contribution in [0.4, 0.5) is 0 Å². The molecule has 6 nitrogen and oxygen atoms in total. The molecule has 1 heterocycles. The molecule has 2 atom stereocenters. The van der Waals surface area contributed by atoms with Crippen LogP contribution in [-0.2, 0) is 20.7 Å². The summed E-state index contributed by atoms with van der Waals surface area (Å²) in [5, 5.41) is 12.7. The monoisotopic (exact) mass is 290 g/mol. The molecule has 2 aromatic rings. The van der Waals surface area contributed by atoms with Crippen molar-refractivity contribution in [2.45, 2.75) is 25.5 Å². The maximum atomic E-state index is 11.8. The lowest BCUT2D eigenvalue weighted by Gasteiger charge is -2.16. The maximum Gasteiger partial charge on any atom is 0.326 e. The summed E-state index contributed by atoms with van der Waals surface area (Å²) in [5.41, 5.74) is 1.79. The molecule has 1 amide bonds. The number of rotatable bonds is 6. The quantitative estimate of drug-likeness (QED) is 0.748. The Morgan fingerprint density at radius 1 is 1.38 bits per heavy atom. The van der Waals surface area contributed by atoms with Crippen LogP contribution in [0.25, 0.3) is 10.9 Å². The molecule has 0 bridgehead atoms. The minimum atomic E-state index is -1.07. The number of carboxylic acids is 1. The Kier molecular flexibility index (Phi) is 4.59. The summed E-state index contributed by atoms with van der Waals surface area (Å²) in [6.45, 7) is 1.57. The highest BCUT2D eigenvalue weighted by molar-refractivity contribution is 5.88. The second-order valence-corrected chi connectivity index (χ2v) is 4.84. The number of nitrogens with one attached hydrogen (secondary N) is 2. The first-order chi connectivity index (χ1) is 10.0. The van der Waals surface area contributed by atoms with E-state index in [-0.39, 0.29) is 6.42 Å². The van der Waals surface area contributed by atoms with Gasteiger partial charge in [-0.25, -0.2) is 4.79 Å². The van der Waals surface area contributed by atoms with Crippen molar-refractivity contribution in [2.24, 2.45) is 0 Å². The van der Waals surface area contributed by atoms with Crippen LogP contribution < -0.4 is 5.32 Å². The lowest BCUT2D eigenvalue weighted by molar-refractivity contribution is -0.143. The standard InChI is InChI=1S/C15H18N2O4/c1-9(21-2)14(18)17-13(15(19)20)7-10-8-16-12-6-4-3-5-11(10)12/h3-6,8-9,13,16H,7H2,1-2H3,(H,17,18)(H,19,20). The third kappa shape index (κ3) is 3.41. The number of aromatic amines is 1. The van der Waals surface area contributed by atoms with Crippen LogP contribution in [0.3, 0.4) is 0 Å². The zero-order valence-electron chi connectivity index (χ0n) is 11.9. The van der Waals surface area contributed by atoms with Crippen LogP contribution in [0.1, 0.15) is 12.5 Å². The van der Waals surface area contributed by atoms with Gasteiger partial charge in [-0.1, -0.05) is 18.2 Å². The number of carboxylic acid groups (broad SMARTS) is 1. The van der Waals surface area contributed by atoms with Crippen LogP contribution in [-0.4, -0.2) is 41.2 Å². The van der Waals surface area contributed by atoms with Gasteiger partial charge < -0.3 is 20.1 Å². The molecule has 0 aliphatic carbocycles. The molecule has 2 unspecified atom stereocenters. The molecule has 0 spiro atoms. The smallest absolute Gasteiger partial charge is 0.326 e. The van der Waals surface area contributed by atoms with Crippen molar-refractivity contribution in [3.05, 3.63) is 36.0 Å². The highest BCUT2D eigenvalue weighted by Gasteiger charge is 2.24. The predicted molar refractivity (Wildman–Crippen MR) is 78.0 cm³/mol. The average molecular weight is 290 g/mol. The van der Waals surface area contributed by atoms with Gasteiger partial charge in [-0.2, -0.15) is 0 Å². The molecule has 0 radical (unpaired) electrons. The fourth-order valence-corrected chi connectivity index (χ4v) is 2.12. The number of carbonyl (C=O) groups is 2. The molecule has 0 saturated heterocycles. The largest absolute Gasteiger partial charge is 0.480 e. The third-order valence-corrected chi connectivity index (χ3v) is 3.44. The van der Waals surface area contributed by atoms with E-state index in [1.54, 1.807) is 13.1 Å². The molecule has 0 aliphatic heterocycles. The molecule has 1 aromatic carbocycles. The first-order valence-corrected chi connectivity index (χ1v) is 6.64. The van der Waals surface area contributed by atoms with Gasteiger partial charge in [-0.05, 0) is 18.6 Å². The Morgan fingerprint density at radius 2 is 2.10 bits per heavy atom. The lowest BCUT2D eigenvalue weighted by atomic mass is 10.0. The number of amides is 1. The SMILES string of the molecule is COC(C)C(=O)NC(Cc1c[nH]c2ccccc12)C(=O)O. The summed E-state index contributed by atoms with van der Waals surface area (Å²) in [4.78, 5) is 26.2. The summed E-state index contributed by atoms with van der Waals surface area (Å²) >= 11 is 0. The zero-order chi connectivity index (χ0) is 15.4. The molecule has 112 valence electrons. The maximum absolute atomic E-state index is 11.8. The molecule has 3 N–H and O–H groups in total. The van der Waals surface area contributed by atoms with Crippen molar-refractivity contribution in [1.29, 1.82) is 0 Å². The number of fused-ring (bicyclic) bond motifs is 1. The lowest BCUT2D eigenvalue weighted by Crippen LogP contribution is -2.46. The number of hydrogen-bond donors (Lipinski definition) is 3. The van der Waals surface area contributed by atoms with Gasteiger partial charge in [0.15, 0.2) is 0 Å². The van der Waals surface area contributed by atoms with Crippen molar-refractivity contribution in [3.8, 4) is 0 Å². The molecule has 0 saturated carbocycles. The van der Waals surface area contributed by atoms with E-state index in [4.69, 9.17) is 4.74 Å². The molecular formula is C15H18N2O4. The molecule has 21 heavy (non-hydrogen) atoms. The van der Waals surface area contributed by atoms with Gasteiger partial charge in [-0.15, -0.1) is 0 Å². The summed E-state index contributed by atoms with van der Waals surface area (Å²) in [6.07, 6.45) is 1.29. The Bertz CT molecular complexity index is 650. The predicted octanol–water partition coefficient (Wildman–Crippen LogP) is 1.31. The van der Waals surface area contributed by atoms with Gasteiger partial charge in [-0.3, -0.25) is 4.79 Å². The van der Waals surface area contributed by atoms with E-state index in [0.717, 1.165) is 16.5 Å². The van der Waals surface area contributed by atoms with Gasteiger partial charge in [0.1, 0.15) is 12.1 Å². The topological polar surface area (TPSA) is 91.4 Å². The number of ether oxygens (including phenoxy) is 1. The van der Waals surface area contributed by atoms with E-state index < -0.39 is 24.0 Å². The average Bonchev–Trinajstić information content (AvgIpc) is 2.88. The molecule has 0 aliphatic rings. The van der Waals surface area contributed by atoms with Crippen molar-refractivity contribution in [2.75, 3.05) is 7.11 Å². The Hall–Kier alpha value is -2.34. The number of hydrogen-bond acceptors (Lipinski definition) is 3. The second-order valence-electron chi connectivity index (χ2n) is 4.84. The van der Waals surface area contributed by atoms with Crippen LogP contribution in [0.15, 0.2) is 30.5 Å². The number of aromatic nitrogens is 1. The van der Waals surface area contributed by atoms with E-state index in [1.165, 1.54) is 7.11 Å². The molecule has 0 fully saturated rings. The van der Waals surface area contributed by atoms with E-state index in [9.17, 15) is 14.7 Å². The zero-order valence-corrected chi connectivity index (χ0v) is 11.9. The van der Waals surface area contributed by atoms with E-state index in [0.29, 0.717) is 0 Å². The van der Waals surface area contributed by atoms with Crippen molar-refractivity contribution >= 4 is 22.8 Å². The van der Waals surface area contributed by atoms with E-state index in [2.05, 4.69) is 10.3 Å². The normalized spacial score (nSPS) is 13.8. The summed E-state index contributed by atoms with van der Waals surface area (Å²) in [6, 6.07) is 6.63. The van der Waals surface area contributed by atoms with Crippen molar-refractivity contribution in [1.82, 2.24) is 10.3 Å². The second kappa shape index (κ2) is 6.41. The highest BCUT2D eigenvalue weighted by Crippen LogP contribution is 2.19. The van der Waals surface area contributed by atoms with Crippen LogP contribution in [0.2, 0.25) is 0 Å². The fourth-order valence-electron chi connectivity index (χ4n) is 2.12. The first kappa shape index (κ1) is 15.1. The van der Waals surface area contributed by atoms with Gasteiger partial charge in [0.25, 0.3) is 0 Å². The Labute approximate surface area is 122 Å².